The van der Waals surface area contributed by atoms with Crippen LogP contribution in [0, 0.1) is 6.92 Å². The summed E-state index contributed by atoms with van der Waals surface area (Å²) < 4.78 is 1.94. The van der Waals surface area contributed by atoms with Gasteiger partial charge in [0.1, 0.15) is 18.0 Å². The molecule has 0 bridgehead atoms. The molecule has 21 heavy (non-hydrogen) atoms. The van der Waals surface area contributed by atoms with Gasteiger partial charge in [-0.3, -0.25) is 4.68 Å². The Labute approximate surface area is 125 Å². The average Bonchev–Trinajstić information content (AvgIpc) is 2.94. The van der Waals surface area contributed by atoms with Crippen LogP contribution in [0.1, 0.15) is 24.8 Å². The van der Waals surface area contributed by atoms with Crippen LogP contribution < -0.4 is 10.2 Å². The van der Waals surface area contributed by atoms with Crippen molar-refractivity contribution in [2.45, 2.75) is 32.7 Å². The number of hydrogen-bond donors (Lipinski definition) is 1. The monoisotopic (exact) mass is 286 g/mol. The SMILES string of the molecule is Cc1cnn(CCNc2cc(N3CCCCC3)ncn2)c1. The molecule has 2 aromatic heterocycles. The molecule has 2 aromatic rings. The Morgan fingerprint density at radius 3 is 2.81 bits per heavy atom. The van der Waals surface area contributed by atoms with Crippen molar-refractivity contribution in [3.8, 4) is 0 Å². The number of aromatic nitrogens is 4. The molecule has 1 aliphatic heterocycles. The summed E-state index contributed by atoms with van der Waals surface area (Å²) in [5.74, 6) is 1.91. The summed E-state index contributed by atoms with van der Waals surface area (Å²) in [5.41, 5.74) is 1.18. The lowest BCUT2D eigenvalue weighted by molar-refractivity contribution is 0.573. The molecule has 6 nitrogen and oxygen atoms in total. The summed E-state index contributed by atoms with van der Waals surface area (Å²) in [6.07, 6.45) is 9.40. The Morgan fingerprint density at radius 1 is 1.19 bits per heavy atom. The van der Waals surface area contributed by atoms with E-state index in [9.17, 15) is 0 Å². The molecule has 0 aromatic carbocycles. The predicted octanol–water partition coefficient (Wildman–Crippen LogP) is 2.08. The summed E-state index contributed by atoms with van der Waals surface area (Å²) in [7, 11) is 0. The molecule has 1 N–H and O–H groups in total. The maximum absolute atomic E-state index is 4.39. The van der Waals surface area contributed by atoms with Crippen molar-refractivity contribution in [1.82, 2.24) is 19.7 Å². The maximum atomic E-state index is 4.39. The first kappa shape index (κ1) is 13.9. The average molecular weight is 286 g/mol. The van der Waals surface area contributed by atoms with Gasteiger partial charge in [-0.1, -0.05) is 0 Å². The fourth-order valence-corrected chi connectivity index (χ4v) is 2.63. The summed E-state index contributed by atoms with van der Waals surface area (Å²) in [5, 5.41) is 7.62. The van der Waals surface area contributed by atoms with Gasteiger partial charge in [0, 0.05) is 31.9 Å². The highest BCUT2D eigenvalue weighted by molar-refractivity contribution is 5.48. The van der Waals surface area contributed by atoms with Gasteiger partial charge in [-0.25, -0.2) is 9.97 Å². The normalized spacial score (nSPS) is 15.2. The topological polar surface area (TPSA) is 58.9 Å². The lowest BCUT2D eigenvalue weighted by atomic mass is 10.1. The number of rotatable bonds is 5. The molecule has 0 unspecified atom stereocenters. The second-order valence-corrected chi connectivity index (χ2v) is 5.52. The first-order chi connectivity index (χ1) is 10.3. The van der Waals surface area contributed by atoms with Gasteiger partial charge in [0.05, 0.1) is 12.7 Å². The smallest absolute Gasteiger partial charge is 0.134 e. The Balaban J connectivity index is 1.55. The third kappa shape index (κ3) is 3.71. The number of piperidine rings is 1. The summed E-state index contributed by atoms with van der Waals surface area (Å²) in [6.45, 7) is 5.88. The van der Waals surface area contributed by atoms with Crippen LogP contribution in [0.3, 0.4) is 0 Å². The van der Waals surface area contributed by atoms with Gasteiger partial charge < -0.3 is 10.2 Å². The van der Waals surface area contributed by atoms with Gasteiger partial charge in [-0.05, 0) is 31.7 Å². The van der Waals surface area contributed by atoms with Crippen molar-refractivity contribution >= 4 is 11.6 Å². The number of nitrogens with one attached hydrogen (secondary N) is 1. The van der Waals surface area contributed by atoms with E-state index in [1.54, 1.807) is 6.33 Å². The van der Waals surface area contributed by atoms with Crippen LogP contribution in [-0.4, -0.2) is 39.4 Å². The number of hydrogen-bond acceptors (Lipinski definition) is 5. The summed E-state index contributed by atoms with van der Waals surface area (Å²) in [6, 6.07) is 2.04. The first-order valence-electron chi connectivity index (χ1n) is 7.61. The molecule has 1 aliphatic rings. The van der Waals surface area contributed by atoms with Crippen LogP contribution in [0.4, 0.5) is 11.6 Å². The van der Waals surface area contributed by atoms with Crippen LogP contribution in [0.15, 0.2) is 24.8 Å². The van der Waals surface area contributed by atoms with E-state index >= 15 is 0 Å². The van der Waals surface area contributed by atoms with E-state index in [0.29, 0.717) is 0 Å². The standard InChI is InChI=1S/C15H22N6/c1-13-10-19-21(11-13)8-5-16-14-9-15(18-12-17-14)20-6-3-2-4-7-20/h9-12H,2-8H2,1H3,(H,16,17,18). The van der Waals surface area contributed by atoms with Crippen LogP contribution in [0.2, 0.25) is 0 Å². The quantitative estimate of drug-likeness (QED) is 0.912. The van der Waals surface area contributed by atoms with E-state index in [1.165, 1.54) is 24.8 Å². The van der Waals surface area contributed by atoms with Crippen molar-refractivity contribution in [2.24, 2.45) is 0 Å². The summed E-state index contributed by atoms with van der Waals surface area (Å²) >= 11 is 0. The Kier molecular flexibility index (Phi) is 4.33. The highest BCUT2D eigenvalue weighted by atomic mass is 15.3. The maximum Gasteiger partial charge on any atom is 0.134 e. The van der Waals surface area contributed by atoms with E-state index in [2.05, 4.69) is 25.3 Å². The number of anilines is 2. The van der Waals surface area contributed by atoms with Gasteiger partial charge in [0.25, 0.3) is 0 Å². The van der Waals surface area contributed by atoms with E-state index in [1.807, 2.05) is 30.1 Å². The molecule has 0 amide bonds. The zero-order chi connectivity index (χ0) is 14.5. The van der Waals surface area contributed by atoms with Crippen molar-refractivity contribution in [2.75, 3.05) is 29.9 Å². The van der Waals surface area contributed by atoms with Crippen LogP contribution in [0.5, 0.6) is 0 Å². The molecular formula is C15H22N6. The highest BCUT2D eigenvalue weighted by Gasteiger charge is 2.12. The van der Waals surface area contributed by atoms with Gasteiger partial charge in [0.15, 0.2) is 0 Å². The van der Waals surface area contributed by atoms with Crippen molar-refractivity contribution in [3.63, 3.8) is 0 Å². The van der Waals surface area contributed by atoms with E-state index in [-0.39, 0.29) is 0 Å². The Hall–Kier alpha value is -2.11. The molecule has 0 atom stereocenters. The van der Waals surface area contributed by atoms with E-state index in [0.717, 1.165) is 37.8 Å². The molecule has 0 saturated carbocycles. The molecular weight excluding hydrogens is 264 g/mol. The fraction of sp³-hybridized carbons (Fsp3) is 0.533. The van der Waals surface area contributed by atoms with E-state index < -0.39 is 0 Å². The van der Waals surface area contributed by atoms with Gasteiger partial charge in [-0.2, -0.15) is 5.10 Å². The molecule has 112 valence electrons. The molecule has 0 radical (unpaired) electrons. The minimum absolute atomic E-state index is 0.803. The van der Waals surface area contributed by atoms with Crippen LogP contribution in [0.25, 0.3) is 0 Å². The Morgan fingerprint density at radius 2 is 2.05 bits per heavy atom. The zero-order valence-corrected chi connectivity index (χ0v) is 12.5. The first-order valence-corrected chi connectivity index (χ1v) is 7.61. The molecule has 1 saturated heterocycles. The molecule has 3 rings (SSSR count). The minimum atomic E-state index is 0.803. The van der Waals surface area contributed by atoms with Crippen molar-refractivity contribution in [3.05, 3.63) is 30.4 Å². The number of aryl methyl sites for hydroxylation is 1. The summed E-state index contributed by atoms with van der Waals surface area (Å²) in [4.78, 5) is 11.0. The molecule has 0 aliphatic carbocycles. The van der Waals surface area contributed by atoms with Crippen molar-refractivity contribution in [1.29, 1.82) is 0 Å². The third-order valence-electron chi connectivity index (χ3n) is 3.74. The number of nitrogens with zero attached hydrogens (tertiary/aromatic N) is 5. The third-order valence-corrected chi connectivity index (χ3v) is 3.74. The second kappa shape index (κ2) is 6.56. The predicted molar refractivity (Wildman–Crippen MR) is 83.5 cm³/mol. The zero-order valence-electron chi connectivity index (χ0n) is 12.5. The minimum Gasteiger partial charge on any atom is -0.368 e. The van der Waals surface area contributed by atoms with E-state index in [4.69, 9.17) is 0 Å². The van der Waals surface area contributed by atoms with Gasteiger partial charge in [-0.15, -0.1) is 0 Å². The van der Waals surface area contributed by atoms with Gasteiger partial charge in [0.2, 0.25) is 0 Å². The van der Waals surface area contributed by atoms with Gasteiger partial charge >= 0.3 is 0 Å². The fourth-order valence-electron chi connectivity index (χ4n) is 2.63. The molecule has 3 heterocycles. The molecule has 1 fully saturated rings. The lowest BCUT2D eigenvalue weighted by Crippen LogP contribution is -2.30. The van der Waals surface area contributed by atoms with Crippen LogP contribution >= 0.6 is 0 Å². The molecule has 6 heteroatoms. The van der Waals surface area contributed by atoms with Crippen LogP contribution in [-0.2, 0) is 6.54 Å². The van der Waals surface area contributed by atoms with Crippen molar-refractivity contribution < 1.29 is 0 Å². The lowest BCUT2D eigenvalue weighted by Gasteiger charge is -2.27. The highest BCUT2D eigenvalue weighted by Crippen LogP contribution is 2.18. The molecule has 0 spiro atoms. The Bertz CT molecular complexity index is 573. The largest absolute Gasteiger partial charge is 0.368 e. The second-order valence-electron chi connectivity index (χ2n) is 5.52.